The Bertz CT molecular complexity index is 300. The van der Waals surface area contributed by atoms with E-state index in [1.165, 1.54) is 24.3 Å². The molecule has 0 fully saturated rings. The molecule has 0 saturated carbocycles. The van der Waals surface area contributed by atoms with Crippen LogP contribution in [-0.4, -0.2) is 17.1 Å². The number of carbonyl (C=O) groups is 1. The van der Waals surface area contributed by atoms with Gasteiger partial charge in [0.25, 0.3) is 0 Å². The van der Waals surface area contributed by atoms with Crippen molar-refractivity contribution in [3.8, 4) is 0 Å². The average molecular weight is 187 g/mol. The van der Waals surface area contributed by atoms with Gasteiger partial charge < -0.3 is 10.4 Å². The van der Waals surface area contributed by atoms with Crippen LogP contribution in [0.4, 0.5) is 14.5 Å². The maximum atomic E-state index is 12.5. The second kappa shape index (κ2) is 3.38. The van der Waals surface area contributed by atoms with E-state index in [2.05, 4.69) is 0 Å². The van der Waals surface area contributed by atoms with Crippen molar-refractivity contribution >= 4 is 11.7 Å². The van der Waals surface area contributed by atoms with Gasteiger partial charge in [-0.2, -0.15) is 8.78 Å². The molecule has 0 saturated heterocycles. The number of nitrogens with one attached hydrogen (secondary N) is 1. The molecule has 3 nitrogen and oxygen atoms in total. The summed E-state index contributed by atoms with van der Waals surface area (Å²) in [4.78, 5) is 10.0. The summed E-state index contributed by atoms with van der Waals surface area (Å²) in [7, 11) is 0. The highest BCUT2D eigenvalue weighted by molar-refractivity contribution is 5.78. The fourth-order valence-corrected chi connectivity index (χ4v) is 0.756. The molecule has 0 atom stereocenters. The van der Waals surface area contributed by atoms with Gasteiger partial charge in [0, 0.05) is 5.69 Å². The first-order valence-electron chi connectivity index (χ1n) is 3.47. The van der Waals surface area contributed by atoms with Crippen LogP contribution in [0.5, 0.6) is 0 Å². The third-order valence-corrected chi connectivity index (χ3v) is 1.34. The first-order chi connectivity index (χ1) is 6.02. The van der Waals surface area contributed by atoms with Crippen molar-refractivity contribution in [1.82, 2.24) is 0 Å². The first-order valence-corrected chi connectivity index (χ1v) is 3.47. The minimum Gasteiger partial charge on any atom is -0.475 e. The fourth-order valence-electron chi connectivity index (χ4n) is 0.756. The lowest BCUT2D eigenvalue weighted by atomic mass is 10.3. The summed E-state index contributed by atoms with van der Waals surface area (Å²) in [5, 5.41) is 9.67. The van der Waals surface area contributed by atoms with Crippen LogP contribution in [0.25, 0.3) is 0 Å². The molecule has 1 aromatic carbocycles. The Labute approximate surface area is 73.0 Å². The van der Waals surface area contributed by atoms with Gasteiger partial charge in [0.2, 0.25) is 0 Å². The van der Waals surface area contributed by atoms with Crippen LogP contribution in [0.3, 0.4) is 0 Å². The number of rotatable bonds is 3. The Balaban J connectivity index is 2.75. The molecule has 13 heavy (non-hydrogen) atoms. The Morgan fingerprint density at radius 2 is 1.85 bits per heavy atom. The van der Waals surface area contributed by atoms with Crippen LogP contribution in [0.2, 0.25) is 0 Å². The van der Waals surface area contributed by atoms with E-state index in [4.69, 9.17) is 5.11 Å². The van der Waals surface area contributed by atoms with Crippen LogP contribution in [0.15, 0.2) is 30.3 Å². The molecule has 2 N–H and O–H groups in total. The smallest absolute Gasteiger partial charge is 0.420 e. The van der Waals surface area contributed by atoms with Crippen molar-refractivity contribution in [3.63, 3.8) is 0 Å². The van der Waals surface area contributed by atoms with Crippen LogP contribution < -0.4 is 5.32 Å². The zero-order valence-electron chi connectivity index (χ0n) is 6.50. The number of carboxylic acids is 1. The van der Waals surface area contributed by atoms with Crippen LogP contribution >= 0.6 is 0 Å². The number of halogens is 2. The summed E-state index contributed by atoms with van der Waals surface area (Å²) in [5.41, 5.74) is 0.0647. The van der Waals surface area contributed by atoms with Gasteiger partial charge >= 0.3 is 12.0 Å². The van der Waals surface area contributed by atoms with E-state index < -0.39 is 12.0 Å². The summed E-state index contributed by atoms with van der Waals surface area (Å²) < 4.78 is 25.0. The van der Waals surface area contributed by atoms with Gasteiger partial charge in [0.15, 0.2) is 0 Å². The maximum absolute atomic E-state index is 12.5. The van der Waals surface area contributed by atoms with Gasteiger partial charge in [0.05, 0.1) is 0 Å². The third kappa shape index (κ3) is 2.40. The van der Waals surface area contributed by atoms with E-state index in [1.807, 2.05) is 0 Å². The van der Waals surface area contributed by atoms with E-state index in [0.717, 1.165) is 0 Å². The van der Waals surface area contributed by atoms with Crippen molar-refractivity contribution in [2.45, 2.75) is 6.05 Å². The molecule has 0 unspecified atom stereocenters. The van der Waals surface area contributed by atoms with Crippen molar-refractivity contribution in [1.29, 1.82) is 0 Å². The maximum Gasteiger partial charge on any atom is 0.420 e. The molecule has 0 aliphatic carbocycles. The van der Waals surface area contributed by atoms with E-state index in [-0.39, 0.29) is 5.69 Å². The summed E-state index contributed by atoms with van der Waals surface area (Å²) >= 11 is 0. The summed E-state index contributed by atoms with van der Waals surface area (Å²) in [6.07, 6.45) is 0. The number of para-hydroxylation sites is 1. The predicted octanol–water partition coefficient (Wildman–Crippen LogP) is 1.78. The quantitative estimate of drug-likeness (QED) is 0.709. The SMILES string of the molecule is O=C(O)C(F)(F)Nc1ccccc1. The number of anilines is 1. The van der Waals surface area contributed by atoms with Crippen molar-refractivity contribution in [3.05, 3.63) is 30.3 Å². The zero-order chi connectivity index (χ0) is 9.90. The molecule has 5 heteroatoms. The largest absolute Gasteiger partial charge is 0.475 e. The van der Waals surface area contributed by atoms with E-state index in [9.17, 15) is 13.6 Å². The minimum absolute atomic E-state index is 0.0647. The normalized spacial score (nSPS) is 10.9. The van der Waals surface area contributed by atoms with E-state index >= 15 is 0 Å². The average Bonchev–Trinajstić information content (AvgIpc) is 2.05. The van der Waals surface area contributed by atoms with Crippen LogP contribution in [-0.2, 0) is 4.79 Å². The molecule has 0 aliphatic rings. The molecule has 0 bridgehead atoms. The molecule has 0 aromatic heterocycles. The molecule has 0 heterocycles. The highest BCUT2D eigenvalue weighted by Gasteiger charge is 2.38. The molecule has 0 spiro atoms. The fraction of sp³-hybridized carbons (Fsp3) is 0.125. The number of hydrogen-bond acceptors (Lipinski definition) is 2. The van der Waals surface area contributed by atoms with Gasteiger partial charge in [0.1, 0.15) is 0 Å². The molecule has 0 aliphatic heterocycles. The summed E-state index contributed by atoms with van der Waals surface area (Å²) in [6, 6.07) is 3.49. The lowest BCUT2D eigenvalue weighted by Crippen LogP contribution is -2.36. The molecule has 0 amide bonds. The van der Waals surface area contributed by atoms with Gasteiger partial charge in [-0.15, -0.1) is 0 Å². The van der Waals surface area contributed by atoms with Gasteiger partial charge in [-0.05, 0) is 12.1 Å². The third-order valence-electron chi connectivity index (χ3n) is 1.34. The molecular weight excluding hydrogens is 180 g/mol. The Kier molecular flexibility index (Phi) is 2.46. The van der Waals surface area contributed by atoms with Gasteiger partial charge in [-0.1, -0.05) is 18.2 Å². The molecule has 70 valence electrons. The number of alkyl halides is 2. The van der Waals surface area contributed by atoms with Gasteiger partial charge in [-0.25, -0.2) is 4.79 Å². The molecule has 1 rings (SSSR count). The Morgan fingerprint density at radius 3 is 2.31 bits per heavy atom. The van der Waals surface area contributed by atoms with E-state index in [0.29, 0.717) is 0 Å². The minimum atomic E-state index is -3.93. The lowest BCUT2D eigenvalue weighted by molar-refractivity contribution is -0.160. The topological polar surface area (TPSA) is 49.3 Å². The molecular formula is C8H7F2NO2. The second-order valence-corrected chi connectivity index (χ2v) is 2.37. The summed E-state index contributed by atoms with van der Waals surface area (Å²) in [6.45, 7) is 0. The Morgan fingerprint density at radius 1 is 1.31 bits per heavy atom. The van der Waals surface area contributed by atoms with E-state index in [1.54, 1.807) is 11.4 Å². The number of carboxylic acid groups (broad SMARTS) is 1. The first kappa shape index (κ1) is 9.44. The van der Waals surface area contributed by atoms with Gasteiger partial charge in [-0.3, -0.25) is 0 Å². The van der Waals surface area contributed by atoms with Crippen molar-refractivity contribution < 1.29 is 18.7 Å². The number of aliphatic carboxylic acids is 1. The second-order valence-electron chi connectivity index (χ2n) is 2.37. The molecule has 0 radical (unpaired) electrons. The zero-order valence-corrected chi connectivity index (χ0v) is 6.50. The van der Waals surface area contributed by atoms with Crippen molar-refractivity contribution in [2.24, 2.45) is 0 Å². The summed E-state index contributed by atoms with van der Waals surface area (Å²) in [5.74, 6) is -2.20. The predicted molar refractivity (Wildman–Crippen MR) is 42.6 cm³/mol. The Hall–Kier alpha value is -1.65. The lowest BCUT2D eigenvalue weighted by Gasteiger charge is -2.13. The van der Waals surface area contributed by atoms with Crippen LogP contribution in [0, 0.1) is 0 Å². The number of hydrogen-bond donors (Lipinski definition) is 2. The van der Waals surface area contributed by atoms with Crippen molar-refractivity contribution in [2.75, 3.05) is 5.32 Å². The monoisotopic (exact) mass is 187 g/mol. The highest BCUT2D eigenvalue weighted by Crippen LogP contribution is 2.17. The molecule has 1 aromatic rings. The highest BCUT2D eigenvalue weighted by atomic mass is 19.3. The standard InChI is InChI=1S/C8H7F2NO2/c9-8(10,7(12)13)11-6-4-2-1-3-5-6/h1-5,11H,(H,12,13). The number of benzene rings is 1. The van der Waals surface area contributed by atoms with Crippen LogP contribution in [0.1, 0.15) is 0 Å².